The Hall–Kier alpha value is -1.82. The molecule has 2 rings (SSSR count). The average molecular weight is 310 g/mol. The van der Waals surface area contributed by atoms with Gasteiger partial charge in [0, 0.05) is 31.4 Å². The van der Waals surface area contributed by atoms with E-state index in [4.69, 9.17) is 11.6 Å². The summed E-state index contributed by atoms with van der Waals surface area (Å²) in [5, 5.41) is 11.7. The highest BCUT2D eigenvalue weighted by Crippen LogP contribution is 2.17. The molecule has 114 valence electrons. The van der Waals surface area contributed by atoms with Gasteiger partial charge in [0.05, 0.1) is 18.1 Å². The Labute approximate surface area is 128 Å². The van der Waals surface area contributed by atoms with Crippen LogP contribution in [0.4, 0.5) is 5.69 Å². The van der Waals surface area contributed by atoms with Crippen molar-refractivity contribution in [2.45, 2.75) is 39.8 Å². The third kappa shape index (κ3) is 3.44. The smallest absolute Gasteiger partial charge is 0.287 e. The Kier molecular flexibility index (Phi) is 5.01. The van der Waals surface area contributed by atoms with E-state index < -0.39 is 0 Å². The minimum Gasteiger partial charge on any atom is -0.378 e. The first-order chi connectivity index (χ1) is 10.0. The Bertz CT molecular complexity index is 676. The number of unbranched alkanes of at least 4 members (excludes halogenated alkanes) is 1. The second-order valence-electron chi connectivity index (χ2n) is 4.99. The quantitative estimate of drug-likeness (QED) is 0.889. The van der Waals surface area contributed by atoms with Gasteiger partial charge in [-0.2, -0.15) is 10.2 Å². The molecule has 0 aliphatic rings. The van der Waals surface area contributed by atoms with Crippen LogP contribution in [0.2, 0.25) is 5.02 Å². The van der Waals surface area contributed by atoms with Crippen LogP contribution >= 0.6 is 11.6 Å². The van der Waals surface area contributed by atoms with E-state index in [-0.39, 0.29) is 10.6 Å². The highest BCUT2D eigenvalue weighted by atomic mass is 35.5. The Balaban J connectivity index is 2.12. The van der Waals surface area contributed by atoms with Gasteiger partial charge in [0.2, 0.25) is 0 Å². The second kappa shape index (κ2) is 6.76. The summed E-state index contributed by atoms with van der Waals surface area (Å²) in [6, 6.07) is 0. The number of aryl methyl sites for hydroxylation is 2. The van der Waals surface area contributed by atoms with Gasteiger partial charge in [-0.3, -0.25) is 9.48 Å². The van der Waals surface area contributed by atoms with Gasteiger partial charge in [0.15, 0.2) is 0 Å². The summed E-state index contributed by atoms with van der Waals surface area (Å²) in [6.45, 7) is 5.21. The normalized spacial score (nSPS) is 10.9. The fourth-order valence-electron chi connectivity index (χ4n) is 1.96. The van der Waals surface area contributed by atoms with E-state index in [2.05, 4.69) is 22.4 Å². The molecule has 2 heterocycles. The van der Waals surface area contributed by atoms with Gasteiger partial charge in [-0.25, -0.2) is 4.68 Å². The van der Waals surface area contributed by atoms with E-state index in [1.54, 1.807) is 17.1 Å². The lowest BCUT2D eigenvalue weighted by molar-refractivity contribution is 0.543. The van der Waals surface area contributed by atoms with Crippen molar-refractivity contribution in [1.82, 2.24) is 19.6 Å². The van der Waals surface area contributed by atoms with E-state index in [0.29, 0.717) is 18.8 Å². The molecule has 1 N–H and O–H groups in total. The molecular weight excluding hydrogens is 290 g/mol. The SMILES string of the molecule is CCCCn1ncc(NCc2cnn(C)c2C)c(Cl)c1=O. The lowest BCUT2D eigenvalue weighted by Gasteiger charge is -2.10. The molecule has 2 aromatic heterocycles. The molecule has 0 unspecified atom stereocenters. The van der Waals surface area contributed by atoms with Crippen LogP contribution in [0, 0.1) is 6.92 Å². The van der Waals surface area contributed by atoms with Gasteiger partial charge in [-0.15, -0.1) is 0 Å². The number of anilines is 1. The monoisotopic (exact) mass is 309 g/mol. The van der Waals surface area contributed by atoms with Crippen LogP contribution in [0.25, 0.3) is 0 Å². The summed E-state index contributed by atoms with van der Waals surface area (Å²) in [5.74, 6) is 0. The van der Waals surface area contributed by atoms with Crippen molar-refractivity contribution in [3.63, 3.8) is 0 Å². The number of hydrogen-bond donors (Lipinski definition) is 1. The molecule has 21 heavy (non-hydrogen) atoms. The summed E-state index contributed by atoms with van der Waals surface area (Å²) in [5.41, 5.74) is 2.43. The third-order valence-electron chi connectivity index (χ3n) is 3.51. The van der Waals surface area contributed by atoms with Crippen LogP contribution in [0.1, 0.15) is 31.0 Å². The highest BCUT2D eigenvalue weighted by molar-refractivity contribution is 6.32. The second-order valence-corrected chi connectivity index (χ2v) is 5.36. The van der Waals surface area contributed by atoms with Crippen molar-refractivity contribution in [2.24, 2.45) is 7.05 Å². The van der Waals surface area contributed by atoms with Crippen LogP contribution in [-0.2, 0) is 20.1 Å². The number of aromatic nitrogens is 4. The lowest BCUT2D eigenvalue weighted by atomic mass is 10.2. The predicted octanol–water partition coefficient (Wildman–Crippen LogP) is 2.35. The molecule has 6 nitrogen and oxygen atoms in total. The maximum Gasteiger partial charge on any atom is 0.287 e. The minimum atomic E-state index is -0.252. The van der Waals surface area contributed by atoms with Gasteiger partial charge < -0.3 is 5.32 Å². The van der Waals surface area contributed by atoms with Crippen molar-refractivity contribution in [3.8, 4) is 0 Å². The van der Waals surface area contributed by atoms with E-state index in [9.17, 15) is 4.79 Å². The van der Waals surface area contributed by atoms with Crippen molar-refractivity contribution < 1.29 is 0 Å². The highest BCUT2D eigenvalue weighted by Gasteiger charge is 2.10. The summed E-state index contributed by atoms with van der Waals surface area (Å²) < 4.78 is 3.21. The molecule has 0 radical (unpaired) electrons. The summed E-state index contributed by atoms with van der Waals surface area (Å²) in [7, 11) is 1.89. The number of rotatable bonds is 6. The van der Waals surface area contributed by atoms with Gasteiger partial charge in [0.1, 0.15) is 5.02 Å². The Morgan fingerprint density at radius 1 is 1.33 bits per heavy atom. The minimum absolute atomic E-state index is 0.183. The topological polar surface area (TPSA) is 64.7 Å². The van der Waals surface area contributed by atoms with E-state index in [1.807, 2.05) is 14.0 Å². The molecule has 0 saturated heterocycles. The summed E-state index contributed by atoms with van der Waals surface area (Å²) >= 11 is 6.13. The fraction of sp³-hybridized carbons (Fsp3) is 0.500. The number of hydrogen-bond acceptors (Lipinski definition) is 4. The fourth-order valence-corrected chi connectivity index (χ4v) is 2.18. The molecule has 7 heteroatoms. The zero-order valence-corrected chi connectivity index (χ0v) is 13.3. The molecule has 0 saturated carbocycles. The van der Waals surface area contributed by atoms with Crippen LogP contribution in [0.5, 0.6) is 0 Å². The van der Waals surface area contributed by atoms with Crippen LogP contribution in [-0.4, -0.2) is 19.6 Å². The first-order valence-electron chi connectivity index (χ1n) is 7.01. The first-order valence-corrected chi connectivity index (χ1v) is 7.39. The van der Waals surface area contributed by atoms with Crippen molar-refractivity contribution in [2.75, 3.05) is 5.32 Å². The molecule has 0 aromatic carbocycles. The van der Waals surface area contributed by atoms with Gasteiger partial charge in [-0.05, 0) is 13.3 Å². The third-order valence-corrected chi connectivity index (χ3v) is 3.88. The molecule has 2 aromatic rings. The van der Waals surface area contributed by atoms with Crippen molar-refractivity contribution in [3.05, 3.63) is 39.0 Å². The molecule has 0 aliphatic heterocycles. The molecule has 0 bridgehead atoms. The van der Waals surface area contributed by atoms with Gasteiger partial charge in [-0.1, -0.05) is 24.9 Å². The van der Waals surface area contributed by atoms with Crippen molar-refractivity contribution in [1.29, 1.82) is 0 Å². The van der Waals surface area contributed by atoms with E-state index >= 15 is 0 Å². The summed E-state index contributed by atoms with van der Waals surface area (Å²) in [6.07, 6.45) is 5.31. The van der Waals surface area contributed by atoms with E-state index in [1.165, 1.54) is 4.68 Å². The standard InChI is InChI=1S/C14H20ClN5O/c1-4-5-6-20-14(21)13(15)12(9-18-20)16-7-11-8-17-19(3)10(11)2/h8-9,16H,4-7H2,1-3H3. The van der Waals surface area contributed by atoms with Crippen LogP contribution in [0.3, 0.4) is 0 Å². The average Bonchev–Trinajstić information content (AvgIpc) is 2.79. The molecule has 0 aliphatic carbocycles. The Morgan fingerprint density at radius 3 is 2.71 bits per heavy atom. The number of nitrogens with one attached hydrogen (secondary N) is 1. The van der Waals surface area contributed by atoms with E-state index in [0.717, 1.165) is 24.1 Å². The maximum atomic E-state index is 12.1. The summed E-state index contributed by atoms with van der Waals surface area (Å²) in [4.78, 5) is 12.1. The first kappa shape index (κ1) is 15.6. The molecule has 0 amide bonds. The number of nitrogens with zero attached hydrogens (tertiary/aromatic N) is 4. The van der Waals surface area contributed by atoms with Gasteiger partial charge in [0.25, 0.3) is 5.56 Å². The lowest BCUT2D eigenvalue weighted by Crippen LogP contribution is -2.24. The largest absolute Gasteiger partial charge is 0.378 e. The predicted molar refractivity (Wildman–Crippen MR) is 83.7 cm³/mol. The molecular formula is C14H20ClN5O. The zero-order valence-electron chi connectivity index (χ0n) is 12.6. The number of halogens is 1. The zero-order chi connectivity index (χ0) is 15.4. The Morgan fingerprint density at radius 2 is 2.10 bits per heavy atom. The molecule has 0 fully saturated rings. The van der Waals surface area contributed by atoms with Crippen LogP contribution in [0.15, 0.2) is 17.2 Å². The van der Waals surface area contributed by atoms with Gasteiger partial charge >= 0.3 is 0 Å². The van der Waals surface area contributed by atoms with Crippen molar-refractivity contribution >= 4 is 17.3 Å². The molecule has 0 atom stereocenters. The van der Waals surface area contributed by atoms with Crippen LogP contribution < -0.4 is 10.9 Å². The molecule has 0 spiro atoms. The maximum absolute atomic E-state index is 12.1.